The molecule has 1 aromatic carbocycles. The summed E-state index contributed by atoms with van der Waals surface area (Å²) in [4.78, 5) is 4.74. The standard InChI is InChI=1S/C22H28N4OS/c1-4-5-12-28-22-24-21-19(25-26-22)17-8-6-7-9-18(17)23-20(27-21)16-11-10-14(2)13-15(16)3/h6-10,15-16,20,23H,4-5,11-13H2,1-3H3/t15-,16-,20-/m1/s1. The summed E-state index contributed by atoms with van der Waals surface area (Å²) in [5.41, 5.74) is 4.23. The highest BCUT2D eigenvalue weighted by molar-refractivity contribution is 7.99. The highest BCUT2D eigenvalue weighted by atomic mass is 32.2. The summed E-state index contributed by atoms with van der Waals surface area (Å²) in [6, 6.07) is 8.20. The zero-order valence-corrected chi connectivity index (χ0v) is 17.6. The lowest BCUT2D eigenvalue weighted by Crippen LogP contribution is -2.39. The van der Waals surface area contributed by atoms with Crippen LogP contribution in [0.3, 0.4) is 0 Å². The van der Waals surface area contributed by atoms with Gasteiger partial charge in [-0.15, -0.1) is 10.2 Å². The van der Waals surface area contributed by atoms with Crippen molar-refractivity contribution in [3.8, 4) is 17.1 Å². The van der Waals surface area contributed by atoms with E-state index in [-0.39, 0.29) is 6.23 Å². The molecule has 1 aliphatic carbocycles. The molecule has 4 rings (SSSR count). The number of nitrogens with one attached hydrogen (secondary N) is 1. The second kappa shape index (κ2) is 8.52. The third-order valence-corrected chi connectivity index (χ3v) is 6.51. The van der Waals surface area contributed by atoms with Crippen molar-refractivity contribution in [2.45, 2.75) is 57.8 Å². The number of ether oxygens (including phenoxy) is 1. The molecule has 0 amide bonds. The van der Waals surface area contributed by atoms with Crippen LogP contribution in [0, 0.1) is 11.8 Å². The summed E-state index contributed by atoms with van der Waals surface area (Å²) in [6.07, 6.45) is 6.64. The molecule has 6 heteroatoms. The van der Waals surface area contributed by atoms with Gasteiger partial charge in [0.25, 0.3) is 0 Å². The van der Waals surface area contributed by atoms with Crippen LogP contribution in [0.15, 0.2) is 41.1 Å². The van der Waals surface area contributed by atoms with Crippen LogP contribution in [0.5, 0.6) is 5.88 Å². The predicted molar refractivity (Wildman–Crippen MR) is 115 cm³/mol. The Labute approximate surface area is 171 Å². The van der Waals surface area contributed by atoms with Crippen molar-refractivity contribution < 1.29 is 4.74 Å². The minimum atomic E-state index is -0.132. The molecule has 5 nitrogen and oxygen atoms in total. The molecule has 1 aromatic heterocycles. The lowest BCUT2D eigenvalue weighted by molar-refractivity contribution is 0.114. The van der Waals surface area contributed by atoms with Gasteiger partial charge in [0.15, 0.2) is 11.9 Å². The second-order valence-corrected chi connectivity index (χ2v) is 8.87. The molecule has 0 unspecified atom stereocenters. The first-order valence-electron chi connectivity index (χ1n) is 10.2. The van der Waals surface area contributed by atoms with Crippen LogP contribution in [-0.4, -0.2) is 27.2 Å². The lowest BCUT2D eigenvalue weighted by atomic mass is 9.80. The van der Waals surface area contributed by atoms with Crippen molar-refractivity contribution in [2.75, 3.05) is 11.1 Å². The van der Waals surface area contributed by atoms with E-state index in [9.17, 15) is 0 Å². The van der Waals surface area contributed by atoms with E-state index < -0.39 is 0 Å². The average Bonchev–Trinajstić information content (AvgIpc) is 2.84. The second-order valence-electron chi connectivity index (χ2n) is 7.81. The summed E-state index contributed by atoms with van der Waals surface area (Å²) in [5, 5.41) is 13.2. The normalized spacial score (nSPS) is 23.5. The number of allylic oxidation sites excluding steroid dienone is 2. The minimum absolute atomic E-state index is 0.132. The van der Waals surface area contributed by atoms with Gasteiger partial charge in [0.05, 0.1) is 0 Å². The Morgan fingerprint density at radius 3 is 2.93 bits per heavy atom. The minimum Gasteiger partial charge on any atom is -0.452 e. The summed E-state index contributed by atoms with van der Waals surface area (Å²) in [6.45, 7) is 6.72. The molecule has 0 saturated carbocycles. The molecular formula is C22H28N4OS. The molecule has 0 radical (unpaired) electrons. The van der Waals surface area contributed by atoms with E-state index in [4.69, 9.17) is 9.72 Å². The van der Waals surface area contributed by atoms with Crippen LogP contribution in [0.1, 0.15) is 46.5 Å². The van der Waals surface area contributed by atoms with Crippen molar-refractivity contribution in [1.82, 2.24) is 15.2 Å². The van der Waals surface area contributed by atoms with Gasteiger partial charge in [-0.05, 0) is 38.2 Å². The van der Waals surface area contributed by atoms with E-state index in [0.717, 1.165) is 48.4 Å². The van der Waals surface area contributed by atoms with Gasteiger partial charge >= 0.3 is 0 Å². The van der Waals surface area contributed by atoms with E-state index in [2.05, 4.69) is 54.5 Å². The molecule has 3 atom stereocenters. The van der Waals surface area contributed by atoms with Crippen molar-refractivity contribution in [3.05, 3.63) is 35.9 Å². The molecule has 0 spiro atoms. The third kappa shape index (κ3) is 4.02. The fourth-order valence-electron chi connectivity index (χ4n) is 3.96. The molecule has 1 N–H and O–H groups in total. The maximum atomic E-state index is 6.46. The average molecular weight is 397 g/mol. The van der Waals surface area contributed by atoms with Gasteiger partial charge in [-0.25, -0.2) is 0 Å². The van der Waals surface area contributed by atoms with Gasteiger partial charge in [-0.1, -0.05) is 61.9 Å². The predicted octanol–water partition coefficient (Wildman–Crippen LogP) is 5.55. The third-order valence-electron chi connectivity index (χ3n) is 5.59. The van der Waals surface area contributed by atoms with Gasteiger partial charge in [-0.3, -0.25) is 0 Å². The summed E-state index contributed by atoms with van der Waals surface area (Å²) < 4.78 is 6.46. The summed E-state index contributed by atoms with van der Waals surface area (Å²) in [5.74, 6) is 2.52. The number of hydrogen-bond acceptors (Lipinski definition) is 6. The number of benzene rings is 1. The maximum absolute atomic E-state index is 6.46. The molecule has 2 heterocycles. The first kappa shape index (κ1) is 19.2. The van der Waals surface area contributed by atoms with Crippen LogP contribution < -0.4 is 10.1 Å². The molecule has 148 valence electrons. The van der Waals surface area contributed by atoms with Crippen molar-refractivity contribution in [1.29, 1.82) is 0 Å². The van der Waals surface area contributed by atoms with Crippen LogP contribution in [0.25, 0.3) is 11.3 Å². The maximum Gasteiger partial charge on any atom is 0.247 e. The Balaban J connectivity index is 1.68. The Morgan fingerprint density at radius 1 is 1.25 bits per heavy atom. The van der Waals surface area contributed by atoms with Gasteiger partial charge in [0.1, 0.15) is 0 Å². The van der Waals surface area contributed by atoms with E-state index in [0.29, 0.717) is 22.9 Å². The van der Waals surface area contributed by atoms with Crippen molar-refractivity contribution >= 4 is 17.4 Å². The van der Waals surface area contributed by atoms with E-state index in [1.807, 2.05) is 12.1 Å². The Morgan fingerprint density at radius 2 is 2.11 bits per heavy atom. The molecule has 1 aliphatic heterocycles. The van der Waals surface area contributed by atoms with Gasteiger partial charge in [0.2, 0.25) is 11.0 Å². The fourth-order valence-corrected chi connectivity index (χ4v) is 4.83. The smallest absolute Gasteiger partial charge is 0.247 e. The van der Waals surface area contributed by atoms with Gasteiger partial charge < -0.3 is 10.1 Å². The van der Waals surface area contributed by atoms with Crippen molar-refractivity contribution in [3.63, 3.8) is 0 Å². The zero-order valence-electron chi connectivity index (χ0n) is 16.8. The number of fused-ring (bicyclic) bond motifs is 3. The first-order valence-corrected chi connectivity index (χ1v) is 11.2. The Kier molecular flexibility index (Phi) is 5.85. The lowest BCUT2D eigenvalue weighted by Gasteiger charge is -2.34. The molecule has 0 saturated heterocycles. The number of hydrogen-bond donors (Lipinski definition) is 1. The van der Waals surface area contributed by atoms with Crippen LogP contribution in [0.4, 0.5) is 5.69 Å². The molecule has 2 aromatic rings. The highest BCUT2D eigenvalue weighted by Gasteiger charge is 2.34. The Hall–Kier alpha value is -2.08. The van der Waals surface area contributed by atoms with E-state index in [1.165, 1.54) is 5.57 Å². The molecule has 2 aliphatic rings. The van der Waals surface area contributed by atoms with E-state index >= 15 is 0 Å². The molecule has 0 fully saturated rings. The summed E-state index contributed by atoms with van der Waals surface area (Å²) in [7, 11) is 0. The molecule has 0 bridgehead atoms. The van der Waals surface area contributed by atoms with Crippen LogP contribution in [-0.2, 0) is 0 Å². The number of nitrogens with zero attached hydrogens (tertiary/aromatic N) is 3. The number of rotatable bonds is 5. The number of unbranched alkanes of at least 4 members (excludes halogenated alkanes) is 1. The first-order chi connectivity index (χ1) is 13.7. The monoisotopic (exact) mass is 396 g/mol. The summed E-state index contributed by atoms with van der Waals surface area (Å²) >= 11 is 1.65. The SMILES string of the molecule is CCCCSc1nnc2c(n1)O[C@H]([C@@H]1CC=C(C)C[C@H]1C)Nc1ccccc1-2. The largest absolute Gasteiger partial charge is 0.452 e. The molecular weight excluding hydrogens is 368 g/mol. The fraction of sp³-hybridized carbons (Fsp3) is 0.500. The Bertz CT molecular complexity index is 869. The van der Waals surface area contributed by atoms with Gasteiger partial charge in [0, 0.05) is 22.9 Å². The number of anilines is 1. The molecule has 28 heavy (non-hydrogen) atoms. The number of para-hydroxylation sites is 1. The van der Waals surface area contributed by atoms with E-state index in [1.54, 1.807) is 11.8 Å². The van der Waals surface area contributed by atoms with Crippen LogP contribution >= 0.6 is 11.8 Å². The van der Waals surface area contributed by atoms with Crippen molar-refractivity contribution in [2.24, 2.45) is 11.8 Å². The van der Waals surface area contributed by atoms with Crippen LogP contribution in [0.2, 0.25) is 0 Å². The number of thioether (sulfide) groups is 1. The van der Waals surface area contributed by atoms with Gasteiger partial charge in [-0.2, -0.15) is 4.98 Å². The zero-order chi connectivity index (χ0) is 19.5. The topological polar surface area (TPSA) is 59.9 Å². The quantitative estimate of drug-likeness (QED) is 0.406. The highest BCUT2D eigenvalue weighted by Crippen LogP contribution is 2.40. The number of aromatic nitrogens is 3.